The molecule has 0 fully saturated rings. The molecule has 0 spiro atoms. The molecule has 0 saturated carbocycles. The van der Waals surface area contributed by atoms with E-state index in [-0.39, 0.29) is 24.2 Å². The van der Waals surface area contributed by atoms with Crippen molar-refractivity contribution < 1.29 is 14.0 Å². The highest BCUT2D eigenvalue weighted by Crippen LogP contribution is 2.26. The van der Waals surface area contributed by atoms with Crippen molar-refractivity contribution in [2.24, 2.45) is 0 Å². The Hall–Kier alpha value is -4.06. The number of hydrogen-bond acceptors (Lipinski definition) is 3. The van der Waals surface area contributed by atoms with Gasteiger partial charge in [-0.3, -0.25) is 9.59 Å². The van der Waals surface area contributed by atoms with Crippen molar-refractivity contribution in [1.82, 2.24) is 10.3 Å². The van der Waals surface area contributed by atoms with Crippen LogP contribution in [-0.4, -0.2) is 16.8 Å². The molecule has 1 aromatic heterocycles. The smallest absolute Gasteiger partial charge is 0.252 e. The molecule has 0 bridgehead atoms. The molecule has 0 atom stereocenters. The highest BCUT2D eigenvalue weighted by Gasteiger charge is 2.14. The van der Waals surface area contributed by atoms with Gasteiger partial charge < -0.3 is 10.6 Å². The van der Waals surface area contributed by atoms with Crippen molar-refractivity contribution in [3.05, 3.63) is 95.8 Å². The predicted molar refractivity (Wildman–Crippen MR) is 119 cm³/mol. The van der Waals surface area contributed by atoms with Crippen LogP contribution in [0.25, 0.3) is 22.2 Å². The Kier molecular flexibility index (Phi) is 5.71. The molecule has 3 aromatic carbocycles. The first-order chi connectivity index (χ1) is 15.0. The topological polar surface area (TPSA) is 71.1 Å². The van der Waals surface area contributed by atoms with E-state index in [2.05, 4.69) is 10.6 Å². The minimum absolute atomic E-state index is 0.145. The first-order valence-corrected chi connectivity index (χ1v) is 9.80. The van der Waals surface area contributed by atoms with E-state index < -0.39 is 0 Å². The average Bonchev–Trinajstić information content (AvgIpc) is 2.77. The quantitative estimate of drug-likeness (QED) is 0.487. The Labute approximate surface area is 178 Å². The van der Waals surface area contributed by atoms with Crippen LogP contribution in [0.1, 0.15) is 22.8 Å². The fraction of sp³-hybridized carbons (Fsp3) is 0.0800. The molecule has 2 amide bonds. The summed E-state index contributed by atoms with van der Waals surface area (Å²) in [6.45, 7) is 1.67. The molecule has 0 unspecified atom stereocenters. The van der Waals surface area contributed by atoms with Crippen LogP contribution < -0.4 is 10.6 Å². The number of amides is 2. The summed E-state index contributed by atoms with van der Waals surface area (Å²) in [5, 5.41) is 6.33. The number of halogens is 1. The summed E-state index contributed by atoms with van der Waals surface area (Å²) in [6.07, 6.45) is 0. The molecular formula is C25H20FN3O2. The van der Waals surface area contributed by atoms with Crippen molar-refractivity contribution in [3.8, 4) is 11.3 Å². The Balaban J connectivity index is 1.66. The van der Waals surface area contributed by atoms with Gasteiger partial charge in [-0.05, 0) is 42.0 Å². The second kappa shape index (κ2) is 8.75. The lowest BCUT2D eigenvalue weighted by atomic mass is 10.0. The lowest BCUT2D eigenvalue weighted by molar-refractivity contribution is -0.114. The maximum atomic E-state index is 13.4. The van der Waals surface area contributed by atoms with E-state index in [0.717, 1.165) is 10.9 Å². The molecule has 154 valence electrons. The van der Waals surface area contributed by atoms with E-state index in [1.54, 1.807) is 30.3 Å². The molecular weight excluding hydrogens is 393 g/mol. The van der Waals surface area contributed by atoms with Gasteiger partial charge >= 0.3 is 0 Å². The highest BCUT2D eigenvalue weighted by atomic mass is 19.1. The van der Waals surface area contributed by atoms with E-state index in [1.165, 1.54) is 19.1 Å². The number of carbonyl (C=O) groups excluding carboxylic acids is 2. The van der Waals surface area contributed by atoms with Crippen LogP contribution in [-0.2, 0) is 11.3 Å². The van der Waals surface area contributed by atoms with Gasteiger partial charge in [0.25, 0.3) is 5.91 Å². The van der Waals surface area contributed by atoms with E-state index in [9.17, 15) is 14.0 Å². The molecule has 6 heteroatoms. The number of rotatable bonds is 5. The zero-order chi connectivity index (χ0) is 21.8. The summed E-state index contributed by atoms with van der Waals surface area (Å²) in [6, 6.07) is 22.6. The summed E-state index contributed by atoms with van der Waals surface area (Å²) in [5.41, 5.74) is 4.01. The van der Waals surface area contributed by atoms with Gasteiger partial charge in [0.15, 0.2) is 0 Å². The van der Waals surface area contributed by atoms with E-state index in [1.807, 2.05) is 36.4 Å². The first kappa shape index (κ1) is 20.2. The van der Waals surface area contributed by atoms with Crippen molar-refractivity contribution >= 4 is 28.4 Å². The van der Waals surface area contributed by atoms with Crippen LogP contribution in [0.4, 0.5) is 10.1 Å². The molecule has 0 saturated heterocycles. The molecule has 0 radical (unpaired) electrons. The lowest BCUT2D eigenvalue weighted by Gasteiger charge is -2.11. The van der Waals surface area contributed by atoms with Gasteiger partial charge in [-0.15, -0.1) is 0 Å². The molecule has 31 heavy (non-hydrogen) atoms. The number of pyridine rings is 1. The number of aromatic nitrogens is 1. The maximum absolute atomic E-state index is 13.4. The summed E-state index contributed by atoms with van der Waals surface area (Å²) in [4.78, 5) is 28.9. The molecule has 0 aliphatic carbocycles. The van der Waals surface area contributed by atoms with Crippen molar-refractivity contribution in [1.29, 1.82) is 0 Å². The zero-order valence-corrected chi connectivity index (χ0v) is 16.9. The van der Waals surface area contributed by atoms with Crippen LogP contribution in [0.3, 0.4) is 0 Å². The van der Waals surface area contributed by atoms with Gasteiger partial charge in [0, 0.05) is 30.1 Å². The number of para-hydroxylation sites is 1. The number of fused-ring (bicyclic) bond motifs is 1. The molecule has 4 rings (SSSR count). The van der Waals surface area contributed by atoms with Gasteiger partial charge in [-0.1, -0.05) is 42.5 Å². The second-order valence-corrected chi connectivity index (χ2v) is 7.14. The van der Waals surface area contributed by atoms with Crippen molar-refractivity contribution in [2.75, 3.05) is 5.32 Å². The summed E-state index contributed by atoms with van der Waals surface area (Å²) >= 11 is 0. The first-order valence-electron chi connectivity index (χ1n) is 9.80. The van der Waals surface area contributed by atoms with Gasteiger partial charge in [0.05, 0.1) is 16.8 Å². The highest BCUT2D eigenvalue weighted by molar-refractivity contribution is 6.07. The Morgan fingerprint density at radius 3 is 2.45 bits per heavy atom. The van der Waals surface area contributed by atoms with Crippen LogP contribution in [0.5, 0.6) is 0 Å². The third-order valence-electron chi connectivity index (χ3n) is 4.80. The fourth-order valence-electron chi connectivity index (χ4n) is 3.36. The number of nitrogens with one attached hydrogen (secondary N) is 2. The van der Waals surface area contributed by atoms with E-state index in [0.29, 0.717) is 28.0 Å². The van der Waals surface area contributed by atoms with Crippen molar-refractivity contribution in [3.63, 3.8) is 0 Å². The maximum Gasteiger partial charge on any atom is 0.252 e. The van der Waals surface area contributed by atoms with E-state index >= 15 is 0 Å². The minimum atomic E-state index is -0.342. The number of anilines is 1. The largest absolute Gasteiger partial charge is 0.348 e. The normalized spacial score (nSPS) is 10.6. The molecule has 0 aliphatic heterocycles. The summed E-state index contributed by atoms with van der Waals surface area (Å²) < 4.78 is 13.4. The van der Waals surface area contributed by atoms with Gasteiger partial charge in [-0.2, -0.15) is 0 Å². The number of carbonyl (C=O) groups is 2. The lowest BCUT2D eigenvalue weighted by Crippen LogP contribution is -2.23. The van der Waals surface area contributed by atoms with Crippen LogP contribution in [0.2, 0.25) is 0 Å². The Bertz CT molecular complexity index is 1270. The third kappa shape index (κ3) is 4.75. The van der Waals surface area contributed by atoms with Gasteiger partial charge in [0.2, 0.25) is 5.91 Å². The predicted octanol–water partition coefficient (Wildman–Crippen LogP) is 4.93. The third-order valence-corrected chi connectivity index (χ3v) is 4.80. The number of nitrogens with zero attached hydrogens (tertiary/aromatic N) is 1. The monoisotopic (exact) mass is 413 g/mol. The second-order valence-electron chi connectivity index (χ2n) is 7.14. The van der Waals surface area contributed by atoms with Crippen LogP contribution in [0, 0.1) is 5.82 Å². The SMILES string of the molecule is CC(=O)Nc1ccc(-c2cc(C(=O)NCc3cccc(F)c3)c3ccccc3n2)cc1. The van der Waals surface area contributed by atoms with Crippen molar-refractivity contribution in [2.45, 2.75) is 13.5 Å². The summed E-state index contributed by atoms with van der Waals surface area (Å²) in [5.74, 6) is -0.751. The summed E-state index contributed by atoms with van der Waals surface area (Å²) in [7, 11) is 0. The zero-order valence-electron chi connectivity index (χ0n) is 16.9. The number of benzene rings is 3. The van der Waals surface area contributed by atoms with Crippen LogP contribution in [0.15, 0.2) is 78.9 Å². The molecule has 0 aliphatic rings. The number of hydrogen-bond donors (Lipinski definition) is 2. The molecule has 1 heterocycles. The van der Waals surface area contributed by atoms with Crippen LogP contribution >= 0.6 is 0 Å². The molecule has 4 aromatic rings. The average molecular weight is 413 g/mol. The Morgan fingerprint density at radius 1 is 0.935 bits per heavy atom. The van der Waals surface area contributed by atoms with Gasteiger partial charge in [0.1, 0.15) is 5.82 Å². The molecule has 5 nitrogen and oxygen atoms in total. The van der Waals surface area contributed by atoms with E-state index in [4.69, 9.17) is 4.98 Å². The fourth-order valence-corrected chi connectivity index (χ4v) is 3.36. The minimum Gasteiger partial charge on any atom is -0.348 e. The Morgan fingerprint density at radius 2 is 1.71 bits per heavy atom. The molecule has 2 N–H and O–H groups in total. The standard InChI is InChI=1S/C25H20FN3O2/c1-16(30)28-20-11-9-18(10-12-20)24-14-22(21-7-2-3-8-23(21)29-24)25(31)27-15-17-5-4-6-19(26)13-17/h2-14H,15H2,1H3,(H,27,31)(H,28,30). The van der Waals surface area contributed by atoms with Gasteiger partial charge in [-0.25, -0.2) is 9.37 Å².